The fourth-order valence-corrected chi connectivity index (χ4v) is 3.25. The lowest BCUT2D eigenvalue weighted by atomic mass is 10.1. The van der Waals surface area contributed by atoms with E-state index in [1.165, 1.54) is 29.2 Å². The summed E-state index contributed by atoms with van der Waals surface area (Å²) in [7, 11) is 0. The van der Waals surface area contributed by atoms with E-state index in [-0.39, 0.29) is 0 Å². The van der Waals surface area contributed by atoms with E-state index in [0.29, 0.717) is 10.5 Å². The first kappa shape index (κ1) is 15.7. The monoisotopic (exact) mass is 322 g/mol. The van der Waals surface area contributed by atoms with Crippen molar-refractivity contribution in [2.45, 2.75) is 6.92 Å². The molecular formula is C16H12F2OS2. The number of hydrogen-bond donors (Lipinski definition) is 0. The minimum atomic E-state index is -0.873. The number of hydrogen-bond acceptors (Lipinski definition) is 3. The first-order valence-electron chi connectivity index (χ1n) is 6.04. The van der Waals surface area contributed by atoms with Crippen molar-refractivity contribution in [3.8, 4) is 11.1 Å². The van der Waals surface area contributed by atoms with Crippen molar-refractivity contribution in [2.24, 2.45) is 0 Å². The van der Waals surface area contributed by atoms with E-state index < -0.39 is 11.6 Å². The minimum absolute atomic E-state index is 0.557. The number of carbonyl (C=O) groups excluding carboxylic acids is 1. The van der Waals surface area contributed by atoms with Crippen LogP contribution in [0.15, 0.2) is 46.0 Å². The predicted molar refractivity (Wildman–Crippen MR) is 86.1 cm³/mol. The van der Waals surface area contributed by atoms with E-state index in [4.69, 9.17) is 0 Å². The van der Waals surface area contributed by atoms with Crippen molar-refractivity contribution >= 4 is 35.5 Å². The predicted octanol–water partition coefficient (Wildman–Crippen LogP) is 5.50. The molecule has 0 unspecified atom stereocenters. The molecule has 0 atom stereocenters. The van der Waals surface area contributed by atoms with E-state index in [1.807, 2.05) is 18.4 Å². The molecule has 0 saturated carbocycles. The number of thiophene rings is 1. The molecule has 108 valence electrons. The summed E-state index contributed by atoms with van der Waals surface area (Å²) in [6.07, 6.45) is 2.52. The van der Waals surface area contributed by atoms with Crippen molar-refractivity contribution in [1.82, 2.24) is 0 Å². The molecule has 0 N–H and O–H groups in total. The van der Waals surface area contributed by atoms with Gasteiger partial charge in [-0.1, -0.05) is 24.4 Å². The molecule has 0 bridgehead atoms. The molecule has 1 aromatic carbocycles. The van der Waals surface area contributed by atoms with Gasteiger partial charge in [0.2, 0.25) is 0 Å². The van der Waals surface area contributed by atoms with Gasteiger partial charge in [-0.3, -0.25) is 4.79 Å². The summed E-state index contributed by atoms with van der Waals surface area (Å²) in [4.78, 5) is 13.2. The molecule has 0 fully saturated rings. The van der Waals surface area contributed by atoms with Crippen LogP contribution in [0.4, 0.5) is 8.78 Å². The van der Waals surface area contributed by atoms with Gasteiger partial charge in [0.15, 0.2) is 17.9 Å². The molecule has 0 saturated heterocycles. The number of halogens is 2. The fourth-order valence-electron chi connectivity index (χ4n) is 1.68. The third-order valence-corrected chi connectivity index (χ3v) is 4.24. The second kappa shape index (κ2) is 6.83. The van der Waals surface area contributed by atoms with E-state index in [0.717, 1.165) is 33.8 Å². The van der Waals surface area contributed by atoms with Crippen molar-refractivity contribution in [3.05, 3.63) is 62.5 Å². The largest absolute Gasteiger partial charge is 0.297 e. The first-order valence-corrected chi connectivity index (χ1v) is 7.73. The van der Waals surface area contributed by atoms with Crippen molar-refractivity contribution < 1.29 is 13.6 Å². The third kappa shape index (κ3) is 4.12. The standard InChI is InChI=1S/C16H12F2OS2/c1-10(2)21-14(8-19)7-13-5-12(9-20-13)11-3-4-15(17)16(18)6-11/h3-9H,1H2,2H3/b14-7-. The minimum Gasteiger partial charge on any atom is -0.297 e. The zero-order valence-electron chi connectivity index (χ0n) is 11.2. The Morgan fingerprint density at radius 3 is 2.62 bits per heavy atom. The van der Waals surface area contributed by atoms with Crippen molar-refractivity contribution in [3.63, 3.8) is 0 Å². The van der Waals surface area contributed by atoms with Crippen LogP contribution in [0.25, 0.3) is 17.2 Å². The lowest BCUT2D eigenvalue weighted by Gasteiger charge is -1.99. The lowest BCUT2D eigenvalue weighted by molar-refractivity contribution is -0.104. The summed E-state index contributed by atoms with van der Waals surface area (Å²) >= 11 is 2.73. The summed E-state index contributed by atoms with van der Waals surface area (Å²) in [6.45, 7) is 5.57. The molecule has 5 heteroatoms. The van der Waals surface area contributed by atoms with Gasteiger partial charge >= 0.3 is 0 Å². The Morgan fingerprint density at radius 2 is 2.00 bits per heavy atom. The smallest absolute Gasteiger partial charge is 0.159 e. The zero-order valence-corrected chi connectivity index (χ0v) is 12.9. The Hall–Kier alpha value is -1.72. The molecule has 0 spiro atoms. The van der Waals surface area contributed by atoms with Gasteiger partial charge in [-0.25, -0.2) is 8.78 Å². The molecule has 0 radical (unpaired) electrons. The number of aldehydes is 1. The molecule has 2 aromatic rings. The van der Waals surface area contributed by atoms with Crippen molar-refractivity contribution in [2.75, 3.05) is 0 Å². The van der Waals surface area contributed by atoms with Gasteiger partial charge < -0.3 is 0 Å². The maximum absolute atomic E-state index is 13.2. The molecule has 0 aliphatic carbocycles. The van der Waals surface area contributed by atoms with Crippen LogP contribution in [0, 0.1) is 11.6 Å². The molecule has 0 amide bonds. The molecule has 0 aliphatic rings. The summed E-state index contributed by atoms with van der Waals surface area (Å²) in [5, 5.41) is 1.84. The van der Waals surface area contributed by atoms with Crippen molar-refractivity contribution in [1.29, 1.82) is 0 Å². The lowest BCUT2D eigenvalue weighted by Crippen LogP contribution is -1.83. The summed E-state index contributed by atoms with van der Waals surface area (Å²) in [5.74, 6) is -1.74. The quantitative estimate of drug-likeness (QED) is 0.534. The van der Waals surface area contributed by atoms with Crippen LogP contribution >= 0.6 is 23.1 Å². The Labute approximate surface area is 130 Å². The van der Waals surface area contributed by atoms with Gasteiger partial charge in [-0.2, -0.15) is 0 Å². The maximum Gasteiger partial charge on any atom is 0.159 e. The number of rotatable bonds is 5. The van der Waals surface area contributed by atoms with Crippen LogP contribution in [0.2, 0.25) is 0 Å². The summed E-state index contributed by atoms with van der Waals surface area (Å²) in [6, 6.07) is 5.62. The Bertz CT molecular complexity index is 717. The van der Waals surface area contributed by atoms with E-state index in [1.54, 1.807) is 6.08 Å². The topological polar surface area (TPSA) is 17.1 Å². The molecule has 1 nitrogen and oxygen atoms in total. The fraction of sp³-hybridized carbons (Fsp3) is 0.0625. The highest BCUT2D eigenvalue weighted by molar-refractivity contribution is 8.07. The van der Waals surface area contributed by atoms with Gasteiger partial charge in [0.05, 0.1) is 4.91 Å². The van der Waals surface area contributed by atoms with E-state index >= 15 is 0 Å². The molecule has 1 heterocycles. The summed E-state index contributed by atoms with van der Waals surface area (Å²) < 4.78 is 26.2. The molecule has 21 heavy (non-hydrogen) atoms. The Morgan fingerprint density at radius 1 is 1.24 bits per heavy atom. The third-order valence-electron chi connectivity index (χ3n) is 2.57. The van der Waals surface area contributed by atoms with Gasteiger partial charge in [0.25, 0.3) is 0 Å². The second-order valence-corrected chi connectivity index (χ2v) is 6.65. The highest BCUT2D eigenvalue weighted by Gasteiger charge is 2.07. The number of thioether (sulfide) groups is 1. The Kier molecular flexibility index (Phi) is 5.09. The maximum atomic E-state index is 13.2. The number of allylic oxidation sites excluding steroid dienone is 2. The van der Waals surface area contributed by atoms with Gasteiger partial charge in [-0.05, 0) is 52.6 Å². The van der Waals surface area contributed by atoms with Crippen LogP contribution in [0.1, 0.15) is 11.8 Å². The average Bonchev–Trinajstić information content (AvgIpc) is 2.89. The average molecular weight is 322 g/mol. The highest BCUT2D eigenvalue weighted by atomic mass is 32.2. The van der Waals surface area contributed by atoms with Crippen LogP contribution in [-0.2, 0) is 4.79 Å². The molecule has 1 aromatic heterocycles. The van der Waals surface area contributed by atoms with Crippen LogP contribution in [0.3, 0.4) is 0 Å². The Balaban J connectivity index is 2.28. The van der Waals surface area contributed by atoms with Crippen LogP contribution < -0.4 is 0 Å². The number of carbonyl (C=O) groups is 1. The van der Waals surface area contributed by atoms with E-state index in [9.17, 15) is 13.6 Å². The zero-order chi connectivity index (χ0) is 15.4. The highest BCUT2D eigenvalue weighted by Crippen LogP contribution is 2.30. The van der Waals surface area contributed by atoms with Crippen LogP contribution in [-0.4, -0.2) is 6.29 Å². The SMILES string of the molecule is C=C(C)S/C(C=O)=C\c1cc(-c2ccc(F)c(F)c2)cs1. The summed E-state index contributed by atoms with van der Waals surface area (Å²) in [5.41, 5.74) is 1.39. The van der Waals surface area contributed by atoms with E-state index in [2.05, 4.69) is 6.58 Å². The van der Waals surface area contributed by atoms with Gasteiger partial charge in [0, 0.05) is 4.88 Å². The molecule has 0 aliphatic heterocycles. The van der Waals surface area contributed by atoms with Gasteiger partial charge in [0.1, 0.15) is 0 Å². The molecular weight excluding hydrogens is 310 g/mol. The molecule has 2 rings (SSSR count). The first-order chi connectivity index (χ1) is 9.99. The second-order valence-electron chi connectivity index (χ2n) is 4.34. The van der Waals surface area contributed by atoms with Gasteiger partial charge in [-0.15, -0.1) is 11.3 Å². The normalized spacial score (nSPS) is 11.5. The van der Waals surface area contributed by atoms with Crippen LogP contribution in [0.5, 0.6) is 0 Å². The number of benzene rings is 1.